The van der Waals surface area contributed by atoms with Gasteiger partial charge >= 0.3 is 0 Å². The topological polar surface area (TPSA) is 31.2 Å². The lowest BCUT2D eigenvalue weighted by Gasteiger charge is -2.16. The van der Waals surface area contributed by atoms with Crippen LogP contribution in [0.2, 0.25) is 0 Å². The van der Waals surface area contributed by atoms with E-state index in [4.69, 9.17) is 4.74 Å². The normalized spacial score (nSPS) is 14.1. The fraction of sp³-hybridized carbons (Fsp3) is 0.250. The monoisotopic (exact) mass is 383 g/mol. The van der Waals surface area contributed by atoms with Crippen LogP contribution in [0.3, 0.4) is 0 Å². The van der Waals surface area contributed by atoms with Crippen molar-refractivity contribution in [3.8, 4) is 5.75 Å². The molecule has 122 valence electrons. The molecule has 0 radical (unpaired) electrons. The summed E-state index contributed by atoms with van der Waals surface area (Å²) in [6.45, 7) is 2.50. The molecule has 0 amide bonds. The number of nitrogens with zero attached hydrogens (tertiary/aromatic N) is 1. The van der Waals surface area contributed by atoms with Gasteiger partial charge in [0.25, 0.3) is 5.56 Å². The Morgan fingerprint density at radius 2 is 1.92 bits per heavy atom. The molecule has 4 rings (SSSR count). The molecule has 1 heterocycles. The van der Waals surface area contributed by atoms with Crippen LogP contribution in [-0.2, 0) is 6.61 Å². The maximum Gasteiger partial charge on any atom is 0.255 e. The first-order valence-corrected chi connectivity index (χ1v) is 8.95. The molecule has 3 aromatic rings. The van der Waals surface area contributed by atoms with Crippen molar-refractivity contribution in [3.05, 3.63) is 74.5 Å². The molecule has 1 saturated carbocycles. The maximum atomic E-state index is 12.7. The van der Waals surface area contributed by atoms with E-state index in [0.717, 1.165) is 39.3 Å². The van der Waals surface area contributed by atoms with Gasteiger partial charge in [-0.1, -0.05) is 46.3 Å². The van der Waals surface area contributed by atoms with Crippen molar-refractivity contribution in [2.24, 2.45) is 0 Å². The molecule has 24 heavy (non-hydrogen) atoms. The summed E-state index contributed by atoms with van der Waals surface area (Å²) in [7, 11) is 0. The van der Waals surface area contributed by atoms with Crippen LogP contribution in [0.4, 0.5) is 0 Å². The summed E-state index contributed by atoms with van der Waals surface area (Å²) in [4.78, 5) is 12.7. The second-order valence-electron chi connectivity index (χ2n) is 6.29. The van der Waals surface area contributed by atoms with Gasteiger partial charge in [-0.25, -0.2) is 0 Å². The minimum absolute atomic E-state index is 0.0225. The second kappa shape index (κ2) is 6.10. The van der Waals surface area contributed by atoms with Gasteiger partial charge in [0, 0.05) is 22.0 Å². The Morgan fingerprint density at radius 3 is 2.62 bits per heavy atom. The number of aryl methyl sites for hydroxylation is 1. The molecule has 0 bridgehead atoms. The Morgan fingerprint density at radius 1 is 1.17 bits per heavy atom. The summed E-state index contributed by atoms with van der Waals surface area (Å²) >= 11 is 3.59. The lowest BCUT2D eigenvalue weighted by molar-refractivity contribution is 0.309. The average Bonchev–Trinajstić information content (AvgIpc) is 3.42. The molecule has 1 aliphatic carbocycles. The van der Waals surface area contributed by atoms with E-state index in [2.05, 4.69) is 15.9 Å². The number of hydrogen-bond acceptors (Lipinski definition) is 2. The van der Waals surface area contributed by atoms with Crippen LogP contribution in [0, 0.1) is 6.92 Å². The van der Waals surface area contributed by atoms with Crippen molar-refractivity contribution in [2.45, 2.75) is 32.4 Å². The van der Waals surface area contributed by atoms with E-state index in [-0.39, 0.29) is 5.56 Å². The van der Waals surface area contributed by atoms with E-state index in [1.165, 1.54) is 0 Å². The van der Waals surface area contributed by atoms with Gasteiger partial charge in [-0.05, 0) is 43.0 Å². The molecule has 0 spiro atoms. The third-order valence-corrected chi connectivity index (χ3v) is 5.37. The van der Waals surface area contributed by atoms with Crippen molar-refractivity contribution in [2.75, 3.05) is 0 Å². The minimum atomic E-state index is 0.0225. The van der Waals surface area contributed by atoms with Crippen molar-refractivity contribution in [3.63, 3.8) is 0 Å². The Hall–Kier alpha value is -2.07. The molecule has 2 aromatic carbocycles. The largest absolute Gasteiger partial charge is 0.488 e. The Balaban J connectivity index is 1.83. The van der Waals surface area contributed by atoms with Crippen LogP contribution in [0.15, 0.2) is 57.8 Å². The lowest BCUT2D eigenvalue weighted by Crippen LogP contribution is -2.20. The fourth-order valence-corrected chi connectivity index (χ4v) is 3.42. The Bertz CT molecular complexity index is 959. The van der Waals surface area contributed by atoms with Crippen LogP contribution < -0.4 is 10.3 Å². The summed E-state index contributed by atoms with van der Waals surface area (Å²) < 4.78 is 8.96. The minimum Gasteiger partial charge on any atom is -0.488 e. The number of rotatable bonds is 4. The van der Waals surface area contributed by atoms with E-state index in [0.29, 0.717) is 18.4 Å². The number of aromatic nitrogens is 1. The first kappa shape index (κ1) is 15.5. The molecule has 0 atom stereocenters. The van der Waals surface area contributed by atoms with E-state index in [9.17, 15) is 4.79 Å². The zero-order valence-electron chi connectivity index (χ0n) is 13.5. The smallest absolute Gasteiger partial charge is 0.255 e. The van der Waals surface area contributed by atoms with Crippen LogP contribution in [-0.4, -0.2) is 4.57 Å². The number of halogens is 1. The highest BCUT2D eigenvalue weighted by Crippen LogP contribution is 2.39. The molecule has 0 N–H and O–H groups in total. The van der Waals surface area contributed by atoms with Crippen LogP contribution >= 0.6 is 15.9 Å². The summed E-state index contributed by atoms with van der Waals surface area (Å²) in [5, 5.41) is 0.998. The number of fused-ring (bicyclic) bond motifs is 1. The first-order valence-electron chi connectivity index (χ1n) is 8.16. The van der Waals surface area contributed by atoms with Gasteiger partial charge in [-0.2, -0.15) is 0 Å². The van der Waals surface area contributed by atoms with Gasteiger partial charge in [-0.15, -0.1) is 0 Å². The van der Waals surface area contributed by atoms with Crippen LogP contribution in [0.25, 0.3) is 10.9 Å². The van der Waals surface area contributed by atoms with Gasteiger partial charge in [0.1, 0.15) is 12.4 Å². The van der Waals surface area contributed by atoms with Crippen LogP contribution in [0.5, 0.6) is 5.75 Å². The van der Waals surface area contributed by atoms with Crippen molar-refractivity contribution in [1.29, 1.82) is 0 Å². The molecular formula is C20H18BrNO2. The second-order valence-corrected chi connectivity index (χ2v) is 7.15. The first-order chi connectivity index (χ1) is 11.6. The van der Waals surface area contributed by atoms with Crippen molar-refractivity contribution >= 4 is 26.8 Å². The third-order valence-electron chi connectivity index (χ3n) is 4.51. The SMILES string of the molecule is Cc1c(Br)ccc2c(OCc3ccccc3)cc(=O)n(C3CC3)c12. The third kappa shape index (κ3) is 2.75. The lowest BCUT2D eigenvalue weighted by atomic mass is 10.1. The maximum absolute atomic E-state index is 12.7. The Labute approximate surface area is 149 Å². The van der Waals surface area contributed by atoms with Gasteiger partial charge in [0.2, 0.25) is 0 Å². The van der Waals surface area contributed by atoms with Gasteiger partial charge in [0.15, 0.2) is 0 Å². The Kier molecular flexibility index (Phi) is 3.93. The van der Waals surface area contributed by atoms with Crippen molar-refractivity contribution < 1.29 is 4.74 Å². The average molecular weight is 384 g/mol. The number of hydrogen-bond donors (Lipinski definition) is 0. The molecule has 1 fully saturated rings. The standard InChI is InChI=1S/C20H18BrNO2/c1-13-17(21)10-9-16-18(24-12-14-5-3-2-4-6-14)11-19(23)22(20(13)16)15-7-8-15/h2-6,9-11,15H,7-8,12H2,1H3. The number of benzene rings is 2. The van der Waals surface area contributed by atoms with Crippen LogP contribution in [0.1, 0.15) is 30.0 Å². The molecule has 0 aliphatic heterocycles. The summed E-state index contributed by atoms with van der Waals surface area (Å²) in [5.41, 5.74) is 3.18. The fourth-order valence-electron chi connectivity index (χ4n) is 3.10. The molecule has 0 saturated heterocycles. The predicted molar refractivity (Wildman–Crippen MR) is 99.7 cm³/mol. The van der Waals surface area contributed by atoms with E-state index < -0.39 is 0 Å². The highest BCUT2D eigenvalue weighted by Gasteiger charge is 2.28. The van der Waals surface area contributed by atoms with E-state index in [1.807, 2.05) is 54.0 Å². The van der Waals surface area contributed by atoms with Gasteiger partial charge in [-0.3, -0.25) is 4.79 Å². The molecule has 1 aromatic heterocycles. The van der Waals surface area contributed by atoms with E-state index >= 15 is 0 Å². The van der Waals surface area contributed by atoms with Gasteiger partial charge < -0.3 is 9.30 Å². The van der Waals surface area contributed by atoms with Crippen molar-refractivity contribution in [1.82, 2.24) is 4.57 Å². The van der Waals surface area contributed by atoms with Gasteiger partial charge in [0.05, 0.1) is 5.52 Å². The summed E-state index contributed by atoms with van der Waals surface area (Å²) in [5.74, 6) is 0.659. The highest BCUT2D eigenvalue weighted by atomic mass is 79.9. The molecule has 0 unspecified atom stereocenters. The summed E-state index contributed by atoms with van der Waals surface area (Å²) in [6, 6.07) is 16.0. The zero-order valence-corrected chi connectivity index (χ0v) is 15.0. The highest BCUT2D eigenvalue weighted by molar-refractivity contribution is 9.10. The molecule has 1 aliphatic rings. The molecule has 4 heteroatoms. The number of pyridine rings is 1. The number of ether oxygens (including phenoxy) is 1. The predicted octanol–water partition coefficient (Wildman–Crippen LogP) is 4.99. The molecular weight excluding hydrogens is 366 g/mol. The summed E-state index contributed by atoms with van der Waals surface area (Å²) in [6.07, 6.45) is 2.15. The quantitative estimate of drug-likeness (QED) is 0.635. The zero-order chi connectivity index (χ0) is 16.7. The van der Waals surface area contributed by atoms with E-state index in [1.54, 1.807) is 6.07 Å². The molecule has 3 nitrogen and oxygen atoms in total.